The zero-order valence-electron chi connectivity index (χ0n) is 12.7. The maximum Gasteiger partial charge on any atom is 0.216 e. The number of ether oxygens (including phenoxy) is 1. The first kappa shape index (κ1) is 15.9. The lowest BCUT2D eigenvalue weighted by atomic mass is 9.95. The first-order valence-electron chi connectivity index (χ1n) is 7.96. The van der Waals surface area contributed by atoms with Gasteiger partial charge in [-0.2, -0.15) is 4.31 Å². The normalized spacial score (nSPS) is 30.5. The van der Waals surface area contributed by atoms with Crippen LogP contribution in [-0.2, 0) is 14.8 Å². The van der Waals surface area contributed by atoms with Crippen LogP contribution in [-0.4, -0.2) is 50.3 Å². The van der Waals surface area contributed by atoms with Crippen molar-refractivity contribution in [3.63, 3.8) is 0 Å². The van der Waals surface area contributed by atoms with Crippen LogP contribution in [0.2, 0.25) is 0 Å². The van der Waals surface area contributed by atoms with Gasteiger partial charge in [0.2, 0.25) is 10.0 Å². The zero-order chi connectivity index (χ0) is 15.6. The highest BCUT2D eigenvalue weighted by atomic mass is 32.2. The summed E-state index contributed by atoms with van der Waals surface area (Å²) in [6, 6.07) is 9.78. The summed E-state index contributed by atoms with van der Waals surface area (Å²) < 4.78 is 32.4. The van der Waals surface area contributed by atoms with E-state index in [1.54, 1.807) is 4.31 Å². The summed E-state index contributed by atoms with van der Waals surface area (Å²) in [5.74, 6) is 0.157. The summed E-state index contributed by atoms with van der Waals surface area (Å²) in [6.45, 7) is 1.54. The van der Waals surface area contributed by atoms with Crippen LogP contribution in [0.4, 0.5) is 0 Å². The molecule has 0 aliphatic carbocycles. The highest BCUT2D eigenvalue weighted by Gasteiger charge is 2.38. The average Bonchev–Trinajstić information content (AvgIpc) is 2.92. The van der Waals surface area contributed by atoms with Gasteiger partial charge in [0.15, 0.2) is 0 Å². The van der Waals surface area contributed by atoms with E-state index < -0.39 is 10.0 Å². The van der Waals surface area contributed by atoms with Crippen LogP contribution in [0.5, 0.6) is 0 Å². The summed E-state index contributed by atoms with van der Waals surface area (Å²) in [5, 5.41) is 0. The Labute approximate surface area is 132 Å². The van der Waals surface area contributed by atoms with Crippen molar-refractivity contribution in [3.05, 3.63) is 35.9 Å². The van der Waals surface area contributed by atoms with Gasteiger partial charge in [-0.15, -0.1) is 0 Å². The zero-order valence-corrected chi connectivity index (χ0v) is 13.5. The van der Waals surface area contributed by atoms with E-state index in [0.717, 1.165) is 24.8 Å². The van der Waals surface area contributed by atoms with Crippen LogP contribution in [0, 0.1) is 0 Å². The van der Waals surface area contributed by atoms with E-state index in [2.05, 4.69) is 0 Å². The number of benzene rings is 1. The van der Waals surface area contributed by atoms with Crippen molar-refractivity contribution >= 4 is 10.0 Å². The van der Waals surface area contributed by atoms with Gasteiger partial charge < -0.3 is 10.5 Å². The highest BCUT2D eigenvalue weighted by molar-refractivity contribution is 7.89. The van der Waals surface area contributed by atoms with E-state index in [4.69, 9.17) is 10.5 Å². The molecule has 3 rings (SSSR count). The molecule has 1 unspecified atom stereocenters. The second kappa shape index (κ2) is 6.66. The molecule has 22 heavy (non-hydrogen) atoms. The third-order valence-electron chi connectivity index (χ3n) is 4.62. The Morgan fingerprint density at radius 2 is 1.95 bits per heavy atom. The molecule has 0 amide bonds. The quantitative estimate of drug-likeness (QED) is 0.906. The Bertz CT molecular complexity index is 585. The van der Waals surface area contributed by atoms with Gasteiger partial charge in [-0.25, -0.2) is 8.42 Å². The van der Waals surface area contributed by atoms with E-state index in [9.17, 15) is 8.42 Å². The summed E-state index contributed by atoms with van der Waals surface area (Å²) in [5.41, 5.74) is 7.31. The summed E-state index contributed by atoms with van der Waals surface area (Å²) >= 11 is 0. The lowest BCUT2D eigenvalue weighted by Gasteiger charge is -2.25. The van der Waals surface area contributed by atoms with E-state index in [-0.39, 0.29) is 23.8 Å². The van der Waals surface area contributed by atoms with E-state index in [1.807, 2.05) is 30.3 Å². The fourth-order valence-corrected chi connectivity index (χ4v) is 5.08. The summed E-state index contributed by atoms with van der Waals surface area (Å²) in [4.78, 5) is 0. The number of hydrogen-bond donors (Lipinski definition) is 1. The number of nitrogens with zero attached hydrogens (tertiary/aromatic N) is 1. The third-order valence-corrected chi connectivity index (χ3v) is 6.50. The van der Waals surface area contributed by atoms with Crippen molar-refractivity contribution in [2.24, 2.45) is 5.73 Å². The van der Waals surface area contributed by atoms with Crippen LogP contribution < -0.4 is 5.73 Å². The minimum absolute atomic E-state index is 0.0725. The summed E-state index contributed by atoms with van der Waals surface area (Å²) in [7, 11) is -3.31. The van der Waals surface area contributed by atoms with Gasteiger partial charge in [-0.3, -0.25) is 0 Å². The largest absolute Gasteiger partial charge is 0.377 e. The first-order valence-corrected chi connectivity index (χ1v) is 9.57. The Hall–Kier alpha value is -0.950. The molecular formula is C16H24N2O3S. The molecule has 1 aromatic carbocycles. The minimum Gasteiger partial charge on any atom is -0.377 e. The fourth-order valence-electron chi connectivity index (χ4n) is 3.35. The van der Waals surface area contributed by atoms with Gasteiger partial charge in [-0.05, 0) is 24.8 Å². The van der Waals surface area contributed by atoms with Crippen molar-refractivity contribution in [2.75, 3.05) is 25.4 Å². The van der Waals surface area contributed by atoms with Crippen molar-refractivity contribution in [2.45, 2.75) is 37.3 Å². The molecule has 6 heteroatoms. The lowest BCUT2D eigenvalue weighted by molar-refractivity contribution is 0.0299. The Balaban J connectivity index is 1.67. The minimum atomic E-state index is -3.31. The number of hydrogen-bond acceptors (Lipinski definition) is 4. The van der Waals surface area contributed by atoms with Crippen molar-refractivity contribution in [1.29, 1.82) is 0 Å². The van der Waals surface area contributed by atoms with Crippen LogP contribution >= 0.6 is 0 Å². The third kappa shape index (κ3) is 3.51. The Morgan fingerprint density at radius 3 is 2.64 bits per heavy atom. The number of nitrogens with two attached hydrogens (primary N) is 1. The predicted molar refractivity (Wildman–Crippen MR) is 86.1 cm³/mol. The molecule has 5 nitrogen and oxygen atoms in total. The van der Waals surface area contributed by atoms with E-state index >= 15 is 0 Å². The second-order valence-corrected chi connectivity index (χ2v) is 8.28. The highest BCUT2D eigenvalue weighted by Crippen LogP contribution is 2.29. The number of sulfonamides is 1. The second-order valence-electron chi connectivity index (χ2n) is 6.27. The van der Waals surface area contributed by atoms with E-state index in [1.165, 1.54) is 0 Å². The monoisotopic (exact) mass is 324 g/mol. The topological polar surface area (TPSA) is 72.6 Å². The predicted octanol–water partition coefficient (Wildman–Crippen LogP) is 1.31. The maximum atomic E-state index is 12.6. The SMILES string of the molecule is N[C@@H]1CN(S(=O)(=O)CC2CCCCO2)C[C@H]1c1ccccc1. The molecule has 1 aromatic rings. The van der Waals surface area contributed by atoms with Gasteiger partial charge in [-0.1, -0.05) is 30.3 Å². The van der Waals surface area contributed by atoms with Crippen molar-refractivity contribution in [3.8, 4) is 0 Å². The van der Waals surface area contributed by atoms with Gasteiger partial charge in [0.1, 0.15) is 0 Å². The molecule has 122 valence electrons. The molecule has 0 spiro atoms. The molecule has 2 N–H and O–H groups in total. The Morgan fingerprint density at radius 1 is 1.18 bits per heavy atom. The van der Waals surface area contributed by atoms with Crippen LogP contribution in [0.1, 0.15) is 30.7 Å². The van der Waals surface area contributed by atoms with Crippen LogP contribution in [0.3, 0.4) is 0 Å². The molecule has 2 fully saturated rings. The van der Waals surface area contributed by atoms with Crippen LogP contribution in [0.25, 0.3) is 0 Å². The maximum absolute atomic E-state index is 12.6. The van der Waals surface area contributed by atoms with Crippen molar-refractivity contribution in [1.82, 2.24) is 4.31 Å². The standard InChI is InChI=1S/C16H24N2O3S/c17-16-11-18(10-15(16)13-6-2-1-3-7-13)22(19,20)12-14-8-4-5-9-21-14/h1-3,6-7,14-16H,4-5,8-12,17H2/t14?,15-,16+/m0/s1. The van der Waals surface area contributed by atoms with Gasteiger partial charge in [0.25, 0.3) is 0 Å². The fraction of sp³-hybridized carbons (Fsp3) is 0.625. The van der Waals surface area contributed by atoms with Crippen LogP contribution in [0.15, 0.2) is 30.3 Å². The Kier molecular flexibility index (Phi) is 4.82. The lowest BCUT2D eigenvalue weighted by Crippen LogP contribution is -2.38. The van der Waals surface area contributed by atoms with Gasteiger partial charge >= 0.3 is 0 Å². The van der Waals surface area contributed by atoms with Gasteiger partial charge in [0, 0.05) is 31.7 Å². The van der Waals surface area contributed by atoms with E-state index in [0.29, 0.717) is 19.7 Å². The molecule has 2 aliphatic heterocycles. The molecule has 0 radical (unpaired) electrons. The first-order chi connectivity index (χ1) is 10.6. The molecule has 0 aromatic heterocycles. The molecule has 3 atom stereocenters. The molecular weight excluding hydrogens is 300 g/mol. The molecule has 0 bridgehead atoms. The molecule has 2 heterocycles. The summed E-state index contributed by atoms with van der Waals surface area (Å²) in [6.07, 6.45) is 2.75. The number of rotatable bonds is 4. The molecule has 0 saturated carbocycles. The van der Waals surface area contributed by atoms with Gasteiger partial charge in [0.05, 0.1) is 11.9 Å². The molecule has 2 aliphatic rings. The average molecular weight is 324 g/mol. The molecule has 2 saturated heterocycles. The van der Waals surface area contributed by atoms with Crippen molar-refractivity contribution < 1.29 is 13.2 Å². The smallest absolute Gasteiger partial charge is 0.216 e.